The number of ether oxygens (including phenoxy) is 3. The van der Waals surface area contributed by atoms with Gasteiger partial charge in [0, 0.05) is 41.6 Å². The highest BCUT2D eigenvalue weighted by Crippen LogP contribution is 2.51. The molecule has 0 bridgehead atoms. The maximum Gasteiger partial charge on any atom is 0.421 e. The summed E-state index contributed by atoms with van der Waals surface area (Å²) in [7, 11) is 2.78. The fourth-order valence-electron chi connectivity index (χ4n) is 7.94. The molecule has 8 nitrogen and oxygen atoms in total. The van der Waals surface area contributed by atoms with E-state index in [1.54, 1.807) is 18.2 Å². The molecule has 0 saturated heterocycles. The number of ketones is 1. The van der Waals surface area contributed by atoms with Gasteiger partial charge in [-0.3, -0.25) is 9.59 Å². The van der Waals surface area contributed by atoms with E-state index < -0.39 is 40.9 Å². The van der Waals surface area contributed by atoms with Gasteiger partial charge in [0.25, 0.3) is 0 Å². The Balaban J connectivity index is 1.14. The van der Waals surface area contributed by atoms with Gasteiger partial charge in [-0.2, -0.15) is 18.2 Å². The van der Waals surface area contributed by atoms with Crippen molar-refractivity contribution in [3.05, 3.63) is 93.3 Å². The minimum Gasteiger partial charge on any atom is -0.496 e. The zero-order valence-corrected chi connectivity index (χ0v) is 31.2. The Hall–Kier alpha value is -4.68. The fraction of sp³-hybridized carbons (Fsp3) is 0.405. The van der Waals surface area contributed by atoms with Crippen LogP contribution in [0.1, 0.15) is 78.9 Å². The molecule has 2 N–H and O–H groups in total. The van der Waals surface area contributed by atoms with Gasteiger partial charge >= 0.3 is 12.1 Å². The third-order valence-electron chi connectivity index (χ3n) is 11.2. The first-order valence-corrected chi connectivity index (χ1v) is 18.7. The van der Waals surface area contributed by atoms with Crippen LogP contribution < -0.4 is 19.5 Å². The van der Waals surface area contributed by atoms with E-state index in [0.29, 0.717) is 83.7 Å². The van der Waals surface area contributed by atoms with E-state index >= 15 is 4.39 Å². The summed E-state index contributed by atoms with van der Waals surface area (Å²) >= 11 is 7.08. The van der Waals surface area contributed by atoms with Crippen LogP contribution in [0.15, 0.2) is 54.6 Å². The number of nitrogens with one attached hydrogen (secondary N) is 1. The van der Waals surface area contributed by atoms with E-state index in [-0.39, 0.29) is 42.5 Å². The number of fused-ring (bicyclic) bond motifs is 1. The Morgan fingerprint density at radius 3 is 2.42 bits per heavy atom. The Bertz CT molecular complexity index is 2140. The van der Waals surface area contributed by atoms with E-state index in [9.17, 15) is 27.9 Å². The van der Waals surface area contributed by atoms with Crippen molar-refractivity contribution in [2.75, 3.05) is 20.8 Å². The fourth-order valence-corrected chi connectivity index (χ4v) is 8.28. The van der Waals surface area contributed by atoms with Gasteiger partial charge in [0.1, 0.15) is 29.0 Å². The summed E-state index contributed by atoms with van der Waals surface area (Å²) < 4.78 is 76.1. The van der Waals surface area contributed by atoms with Crippen LogP contribution in [0.5, 0.6) is 17.5 Å². The summed E-state index contributed by atoms with van der Waals surface area (Å²) in [6.07, 6.45) is -1.52. The first-order chi connectivity index (χ1) is 26.3. The summed E-state index contributed by atoms with van der Waals surface area (Å²) in [6.45, 7) is 0.839. The molecule has 1 aromatic heterocycles. The number of carbonyl (C=O) groups excluding carboxylic acids is 1. The Morgan fingerprint density at radius 2 is 1.75 bits per heavy atom. The highest BCUT2D eigenvalue weighted by atomic mass is 35.5. The topological polar surface area (TPSA) is 107 Å². The second kappa shape index (κ2) is 15.5. The summed E-state index contributed by atoms with van der Waals surface area (Å²) in [4.78, 5) is 27.5. The molecule has 55 heavy (non-hydrogen) atoms. The molecular formula is C42H41ClF4N2O6. The van der Waals surface area contributed by atoms with Crippen molar-refractivity contribution < 1.29 is 46.5 Å². The van der Waals surface area contributed by atoms with Crippen LogP contribution >= 0.6 is 11.6 Å². The second-order valence-corrected chi connectivity index (χ2v) is 15.1. The number of nitrogens with zero attached hydrogens (tertiary/aromatic N) is 1. The molecule has 7 rings (SSSR count). The molecule has 0 unspecified atom stereocenters. The van der Waals surface area contributed by atoms with Crippen molar-refractivity contribution >= 4 is 23.4 Å². The lowest BCUT2D eigenvalue weighted by molar-refractivity contribution is -0.143. The first-order valence-electron chi connectivity index (χ1n) is 18.4. The van der Waals surface area contributed by atoms with Gasteiger partial charge in [-0.25, -0.2) is 4.39 Å². The average molecular weight is 781 g/mol. The zero-order chi connectivity index (χ0) is 39.1. The number of alkyl halides is 3. The Kier molecular flexibility index (Phi) is 10.8. The first kappa shape index (κ1) is 38.6. The van der Waals surface area contributed by atoms with Crippen LogP contribution in [-0.4, -0.2) is 42.6 Å². The predicted octanol–water partition coefficient (Wildman–Crippen LogP) is 9.57. The van der Waals surface area contributed by atoms with Crippen LogP contribution in [0.3, 0.4) is 0 Å². The maximum atomic E-state index is 15.7. The third kappa shape index (κ3) is 7.89. The molecule has 2 saturated carbocycles. The molecule has 2 fully saturated rings. The van der Waals surface area contributed by atoms with Gasteiger partial charge in [0.2, 0.25) is 11.8 Å². The molecule has 290 valence electrons. The van der Waals surface area contributed by atoms with Crippen LogP contribution in [-0.2, 0) is 35.2 Å². The highest BCUT2D eigenvalue weighted by Gasteiger charge is 2.50. The Labute approximate surface area is 321 Å². The van der Waals surface area contributed by atoms with Gasteiger partial charge in [0.15, 0.2) is 0 Å². The van der Waals surface area contributed by atoms with E-state index in [2.05, 4.69) is 10.3 Å². The van der Waals surface area contributed by atoms with Crippen molar-refractivity contribution in [2.45, 2.75) is 76.6 Å². The number of carboxylic acids is 1. The number of hydrogen-bond acceptors (Lipinski definition) is 7. The van der Waals surface area contributed by atoms with E-state index in [4.69, 9.17) is 25.8 Å². The summed E-state index contributed by atoms with van der Waals surface area (Å²) in [6, 6.07) is 15.1. The number of aryl methyl sites for hydroxylation is 1. The number of hydrogen-bond donors (Lipinski definition) is 2. The zero-order valence-electron chi connectivity index (χ0n) is 30.5. The van der Waals surface area contributed by atoms with Gasteiger partial charge in [-0.1, -0.05) is 48.0 Å². The molecule has 4 aromatic rings. The second-order valence-electron chi connectivity index (χ2n) is 14.7. The molecule has 0 spiro atoms. The number of rotatable bonds is 14. The summed E-state index contributed by atoms with van der Waals surface area (Å²) in [5.74, 6) is -1.22. The smallest absolute Gasteiger partial charge is 0.421 e. The molecule has 0 amide bonds. The third-order valence-corrected chi connectivity index (χ3v) is 11.6. The largest absolute Gasteiger partial charge is 0.496 e. The molecule has 2 atom stereocenters. The normalized spacial score (nSPS) is 18.6. The van der Waals surface area contributed by atoms with Gasteiger partial charge in [-0.15, -0.1) is 0 Å². The molecular weight excluding hydrogens is 740 g/mol. The minimum absolute atomic E-state index is 0.0427. The average Bonchev–Trinajstić information content (AvgIpc) is 3.68. The van der Waals surface area contributed by atoms with Crippen molar-refractivity contribution in [1.82, 2.24) is 10.3 Å². The SMILES string of the molecule is COc1cc(-c2cccc(-c3cccc4c3CC[C@@H]4Oc3nc(OC)c(CCC4(C(=O)O)CC4)cc3C(F)(F)F)c2Cl)cc(F)c1CNC[C@@H]1CCC(=O)C1. The lowest BCUT2D eigenvalue weighted by Gasteiger charge is -2.21. The van der Waals surface area contributed by atoms with E-state index in [1.165, 1.54) is 20.3 Å². The number of halogens is 5. The van der Waals surface area contributed by atoms with Crippen molar-refractivity contribution in [1.29, 1.82) is 0 Å². The molecule has 0 radical (unpaired) electrons. The van der Waals surface area contributed by atoms with Crippen LogP contribution in [0, 0.1) is 17.2 Å². The summed E-state index contributed by atoms with van der Waals surface area (Å²) in [5, 5.41) is 13.2. The number of pyridine rings is 1. The number of Topliss-reactive ketones (excluding diaryl/α,β-unsaturated/α-hetero) is 1. The van der Waals surface area contributed by atoms with Crippen LogP contribution in [0.4, 0.5) is 17.6 Å². The molecule has 3 aliphatic carbocycles. The number of methoxy groups -OCH3 is 2. The molecule has 0 aliphatic heterocycles. The Morgan fingerprint density at radius 1 is 1.00 bits per heavy atom. The van der Waals surface area contributed by atoms with E-state index in [0.717, 1.165) is 23.6 Å². The number of aromatic nitrogens is 1. The summed E-state index contributed by atoms with van der Waals surface area (Å²) in [5.41, 5.74) is 2.65. The number of carbonyl (C=O) groups is 2. The number of benzene rings is 3. The molecule has 1 heterocycles. The van der Waals surface area contributed by atoms with Gasteiger partial charge < -0.3 is 24.6 Å². The number of aliphatic carboxylic acids is 1. The highest BCUT2D eigenvalue weighted by molar-refractivity contribution is 6.36. The predicted molar refractivity (Wildman–Crippen MR) is 198 cm³/mol. The molecule has 13 heteroatoms. The van der Waals surface area contributed by atoms with Crippen molar-refractivity contribution in [3.8, 4) is 39.8 Å². The van der Waals surface area contributed by atoms with Gasteiger partial charge in [-0.05, 0) is 97.9 Å². The number of carboxylic acid groups (broad SMARTS) is 1. The standard InChI is InChI=1S/C42H41ClF4N2O6/c1-53-36-20-25(19-34(44)32(36)22-48-21-23-9-10-26(50)17-23)27-5-3-8-31(37(27)43)28-6-4-7-30-29(28)11-12-35(30)55-39-33(42(45,46)47)18-24(38(49-39)54-2)13-14-41(15-16-41)40(51)52/h3-8,18-20,23,35,48H,9-17,21-22H2,1-2H3,(H,51,52)/t23-,35+/m1/s1. The quantitative estimate of drug-likeness (QED) is 0.122. The lowest BCUT2D eigenvalue weighted by atomic mass is 9.93. The lowest BCUT2D eigenvalue weighted by Crippen LogP contribution is -2.22. The van der Waals surface area contributed by atoms with Crippen LogP contribution in [0.2, 0.25) is 5.02 Å². The molecule has 3 aromatic carbocycles. The van der Waals surface area contributed by atoms with Crippen molar-refractivity contribution in [3.63, 3.8) is 0 Å². The maximum absolute atomic E-state index is 15.7. The van der Waals surface area contributed by atoms with Crippen molar-refractivity contribution in [2.24, 2.45) is 11.3 Å². The minimum atomic E-state index is -4.79. The van der Waals surface area contributed by atoms with Crippen LogP contribution in [0.25, 0.3) is 22.3 Å². The monoisotopic (exact) mass is 780 g/mol. The molecule has 3 aliphatic rings. The van der Waals surface area contributed by atoms with E-state index in [1.807, 2.05) is 24.3 Å². The van der Waals surface area contributed by atoms with Gasteiger partial charge in [0.05, 0.1) is 24.7 Å².